The Bertz CT molecular complexity index is 286. The quantitative estimate of drug-likeness (QED) is 0.679. The third kappa shape index (κ3) is 4.33. The molecule has 0 spiro atoms. The maximum absolute atomic E-state index is 5.39. The molecule has 1 aromatic heterocycles. The lowest BCUT2D eigenvalue weighted by atomic mass is 10.1. The minimum Gasteiger partial charge on any atom is -0.382 e. The zero-order valence-electron chi connectivity index (χ0n) is 10.6. The molecule has 16 heavy (non-hydrogen) atoms. The molecule has 1 heterocycles. The van der Waals surface area contributed by atoms with Gasteiger partial charge < -0.3 is 14.6 Å². The van der Waals surface area contributed by atoms with Gasteiger partial charge >= 0.3 is 0 Å². The van der Waals surface area contributed by atoms with Gasteiger partial charge in [0.05, 0.1) is 0 Å². The second kappa shape index (κ2) is 7.41. The van der Waals surface area contributed by atoms with E-state index in [1.54, 1.807) is 0 Å². The normalized spacial score (nSPS) is 12.9. The lowest BCUT2D eigenvalue weighted by Crippen LogP contribution is -2.33. The van der Waals surface area contributed by atoms with Gasteiger partial charge in [-0.25, -0.2) is 4.98 Å². The first-order valence-corrected chi connectivity index (χ1v) is 6.05. The average Bonchev–Trinajstić information content (AvgIpc) is 2.65. The van der Waals surface area contributed by atoms with E-state index in [1.165, 1.54) is 0 Å². The first-order chi connectivity index (χ1) is 7.77. The van der Waals surface area contributed by atoms with Crippen LogP contribution in [0.15, 0.2) is 12.4 Å². The summed E-state index contributed by atoms with van der Waals surface area (Å²) in [6, 6.07) is 0.456. The summed E-state index contributed by atoms with van der Waals surface area (Å²) in [5.41, 5.74) is 0. The summed E-state index contributed by atoms with van der Waals surface area (Å²) in [4.78, 5) is 4.35. The van der Waals surface area contributed by atoms with Gasteiger partial charge in [0.2, 0.25) is 0 Å². The van der Waals surface area contributed by atoms with Crippen molar-refractivity contribution in [2.45, 2.75) is 32.7 Å². The van der Waals surface area contributed by atoms with Gasteiger partial charge in [0.15, 0.2) is 0 Å². The molecule has 1 atom stereocenters. The molecule has 1 unspecified atom stereocenters. The fourth-order valence-electron chi connectivity index (χ4n) is 1.75. The molecule has 0 saturated heterocycles. The lowest BCUT2D eigenvalue weighted by molar-refractivity contribution is 0.136. The molecule has 0 fully saturated rings. The standard InChI is InChI=1S/C12H23N3O/c1-4-13-11(6-9-16-5-2)10-12-14-7-8-15(12)3/h7-8,11,13H,4-6,9-10H2,1-3H3. The SMILES string of the molecule is CCNC(CCOCC)Cc1nccn1C. The van der Waals surface area contributed by atoms with E-state index < -0.39 is 0 Å². The summed E-state index contributed by atoms with van der Waals surface area (Å²) in [7, 11) is 2.04. The topological polar surface area (TPSA) is 39.1 Å². The maximum Gasteiger partial charge on any atom is 0.109 e. The number of nitrogens with one attached hydrogen (secondary N) is 1. The summed E-state index contributed by atoms with van der Waals surface area (Å²) < 4.78 is 7.47. The molecule has 0 saturated carbocycles. The number of likely N-dealkylation sites (N-methyl/N-ethyl adjacent to an activating group) is 1. The van der Waals surface area contributed by atoms with E-state index in [4.69, 9.17) is 4.74 Å². The predicted octanol–water partition coefficient (Wildman–Crippen LogP) is 1.37. The van der Waals surface area contributed by atoms with Gasteiger partial charge in [-0.15, -0.1) is 0 Å². The predicted molar refractivity (Wildman–Crippen MR) is 65.5 cm³/mol. The van der Waals surface area contributed by atoms with Crippen LogP contribution in [0.2, 0.25) is 0 Å². The van der Waals surface area contributed by atoms with Crippen LogP contribution in [0.25, 0.3) is 0 Å². The van der Waals surface area contributed by atoms with Crippen LogP contribution >= 0.6 is 0 Å². The van der Waals surface area contributed by atoms with Crippen LogP contribution in [0.5, 0.6) is 0 Å². The van der Waals surface area contributed by atoms with Crippen LogP contribution in [0.3, 0.4) is 0 Å². The van der Waals surface area contributed by atoms with Crippen molar-refractivity contribution in [3.05, 3.63) is 18.2 Å². The van der Waals surface area contributed by atoms with Gasteiger partial charge in [-0.2, -0.15) is 0 Å². The van der Waals surface area contributed by atoms with Crippen molar-refractivity contribution < 1.29 is 4.74 Å². The molecular weight excluding hydrogens is 202 g/mol. The van der Waals surface area contributed by atoms with Crippen LogP contribution in [0, 0.1) is 0 Å². The number of nitrogens with zero attached hydrogens (tertiary/aromatic N) is 2. The Labute approximate surface area is 98.0 Å². The molecule has 0 aliphatic carbocycles. The van der Waals surface area contributed by atoms with Gasteiger partial charge in [0, 0.05) is 45.1 Å². The Morgan fingerprint density at radius 1 is 1.50 bits per heavy atom. The lowest BCUT2D eigenvalue weighted by Gasteiger charge is -2.17. The largest absolute Gasteiger partial charge is 0.382 e. The van der Waals surface area contributed by atoms with Gasteiger partial charge in [-0.1, -0.05) is 6.92 Å². The zero-order valence-corrected chi connectivity index (χ0v) is 10.6. The van der Waals surface area contributed by atoms with E-state index in [2.05, 4.69) is 21.8 Å². The van der Waals surface area contributed by atoms with E-state index in [0.717, 1.165) is 38.4 Å². The van der Waals surface area contributed by atoms with Crippen LogP contribution in [0.4, 0.5) is 0 Å². The number of aryl methyl sites for hydroxylation is 1. The highest BCUT2D eigenvalue weighted by molar-refractivity contribution is 4.94. The van der Waals surface area contributed by atoms with Crippen molar-refractivity contribution in [3.63, 3.8) is 0 Å². The third-order valence-electron chi connectivity index (χ3n) is 2.66. The van der Waals surface area contributed by atoms with E-state index >= 15 is 0 Å². The molecule has 4 nitrogen and oxygen atoms in total. The molecule has 1 aromatic rings. The minimum atomic E-state index is 0.456. The fourth-order valence-corrected chi connectivity index (χ4v) is 1.75. The van der Waals surface area contributed by atoms with Gasteiger partial charge in [0.25, 0.3) is 0 Å². The van der Waals surface area contributed by atoms with Crippen LogP contribution in [0.1, 0.15) is 26.1 Å². The molecular formula is C12H23N3O. The highest BCUT2D eigenvalue weighted by Crippen LogP contribution is 2.03. The Morgan fingerprint density at radius 2 is 2.31 bits per heavy atom. The second-order valence-electron chi connectivity index (χ2n) is 3.90. The molecule has 0 aliphatic heterocycles. The molecule has 4 heteroatoms. The summed E-state index contributed by atoms with van der Waals surface area (Å²) in [6.45, 7) is 6.76. The molecule has 1 rings (SSSR count). The molecule has 0 aliphatic rings. The zero-order chi connectivity index (χ0) is 11.8. The summed E-state index contributed by atoms with van der Waals surface area (Å²) >= 11 is 0. The summed E-state index contributed by atoms with van der Waals surface area (Å²) in [5, 5.41) is 3.47. The van der Waals surface area contributed by atoms with E-state index in [1.807, 2.05) is 26.4 Å². The number of rotatable bonds is 8. The van der Waals surface area contributed by atoms with Crippen molar-refractivity contribution in [1.82, 2.24) is 14.9 Å². The number of hydrogen-bond donors (Lipinski definition) is 1. The smallest absolute Gasteiger partial charge is 0.109 e. The third-order valence-corrected chi connectivity index (χ3v) is 2.66. The van der Waals surface area contributed by atoms with E-state index in [0.29, 0.717) is 6.04 Å². The van der Waals surface area contributed by atoms with Gasteiger partial charge in [-0.05, 0) is 19.9 Å². The van der Waals surface area contributed by atoms with Crippen LogP contribution in [-0.2, 0) is 18.2 Å². The number of hydrogen-bond acceptors (Lipinski definition) is 3. The average molecular weight is 225 g/mol. The van der Waals surface area contributed by atoms with Crippen molar-refractivity contribution in [2.75, 3.05) is 19.8 Å². The Balaban J connectivity index is 2.41. The molecule has 0 radical (unpaired) electrons. The molecule has 0 bridgehead atoms. The highest BCUT2D eigenvalue weighted by atomic mass is 16.5. The molecule has 1 N–H and O–H groups in total. The van der Waals surface area contributed by atoms with Crippen molar-refractivity contribution >= 4 is 0 Å². The Morgan fingerprint density at radius 3 is 2.88 bits per heavy atom. The summed E-state index contributed by atoms with van der Waals surface area (Å²) in [6.07, 6.45) is 5.83. The minimum absolute atomic E-state index is 0.456. The maximum atomic E-state index is 5.39. The Kier molecular flexibility index (Phi) is 6.11. The van der Waals surface area contributed by atoms with Gasteiger partial charge in [-0.3, -0.25) is 0 Å². The van der Waals surface area contributed by atoms with Crippen LogP contribution < -0.4 is 5.32 Å². The van der Waals surface area contributed by atoms with E-state index in [9.17, 15) is 0 Å². The highest BCUT2D eigenvalue weighted by Gasteiger charge is 2.10. The first kappa shape index (κ1) is 13.2. The number of ether oxygens (including phenoxy) is 1. The first-order valence-electron chi connectivity index (χ1n) is 6.05. The fraction of sp³-hybridized carbons (Fsp3) is 0.750. The number of imidazole rings is 1. The number of aromatic nitrogens is 2. The molecule has 0 amide bonds. The van der Waals surface area contributed by atoms with Crippen molar-refractivity contribution in [1.29, 1.82) is 0 Å². The van der Waals surface area contributed by atoms with Crippen LogP contribution in [-0.4, -0.2) is 35.4 Å². The van der Waals surface area contributed by atoms with Crippen molar-refractivity contribution in [3.8, 4) is 0 Å². The molecule has 0 aromatic carbocycles. The monoisotopic (exact) mass is 225 g/mol. The van der Waals surface area contributed by atoms with E-state index in [-0.39, 0.29) is 0 Å². The van der Waals surface area contributed by atoms with Crippen molar-refractivity contribution in [2.24, 2.45) is 7.05 Å². The summed E-state index contributed by atoms with van der Waals surface area (Å²) in [5.74, 6) is 1.13. The van der Waals surface area contributed by atoms with Gasteiger partial charge in [0.1, 0.15) is 5.82 Å². The molecule has 92 valence electrons. The Hall–Kier alpha value is -0.870. The second-order valence-corrected chi connectivity index (χ2v) is 3.90.